The largest absolute Gasteiger partial charge is 0.497 e. The highest BCUT2D eigenvalue weighted by molar-refractivity contribution is 5.93. The summed E-state index contributed by atoms with van der Waals surface area (Å²) in [6, 6.07) is 26.0. The van der Waals surface area contributed by atoms with Crippen LogP contribution in [0.1, 0.15) is 76.4 Å². The molecule has 0 radical (unpaired) electrons. The number of carbonyl (C=O) groups is 3. The van der Waals surface area contributed by atoms with E-state index in [1.165, 1.54) is 21.3 Å². The Bertz CT molecular complexity index is 1830. The van der Waals surface area contributed by atoms with E-state index in [1.54, 1.807) is 26.4 Å². The molecule has 4 rings (SSSR count). The zero-order valence-electron chi connectivity index (χ0n) is 30.4. The number of methoxy groups -OCH3 is 5. The molecule has 0 aliphatic rings. The summed E-state index contributed by atoms with van der Waals surface area (Å²) in [7, 11) is 7.06. The maximum Gasteiger partial charge on any atom is 0.338 e. The number of esters is 3. The van der Waals surface area contributed by atoms with Gasteiger partial charge in [-0.05, 0) is 76.7 Å². The highest BCUT2D eigenvalue weighted by Gasteiger charge is 2.33. The van der Waals surface area contributed by atoms with Crippen molar-refractivity contribution in [2.75, 3.05) is 42.2 Å². The van der Waals surface area contributed by atoms with Crippen LogP contribution >= 0.6 is 0 Å². The van der Waals surface area contributed by atoms with Gasteiger partial charge in [0.15, 0.2) is 6.29 Å². The van der Waals surface area contributed by atoms with Gasteiger partial charge in [-0.3, -0.25) is 9.59 Å². The predicted octanol–water partition coefficient (Wildman–Crippen LogP) is 6.26. The molecule has 0 aliphatic carbocycles. The highest BCUT2D eigenvalue weighted by atomic mass is 16.6. The van der Waals surface area contributed by atoms with Crippen molar-refractivity contribution in [1.82, 2.24) is 0 Å². The SMILES string of the molecule is COC(=O)Cc1ccc([C@@](C)(COC(O)c2cc(C(C)(C)c3ccc(OC)cc3)ccc2CC(=O)OC)c2ccc(OC)cc2)cc1C(=O)OC. The van der Waals surface area contributed by atoms with Crippen molar-refractivity contribution in [3.8, 4) is 11.5 Å². The van der Waals surface area contributed by atoms with Crippen LogP contribution in [0.5, 0.6) is 11.5 Å². The number of hydrogen-bond acceptors (Lipinski definition) is 10. The minimum Gasteiger partial charge on any atom is -0.497 e. The maximum absolute atomic E-state index is 12.9. The number of carbonyl (C=O) groups excluding carboxylic acids is 3. The van der Waals surface area contributed by atoms with E-state index in [-0.39, 0.29) is 25.0 Å². The Hall–Kier alpha value is -5.19. The quantitative estimate of drug-likeness (QED) is 0.0864. The summed E-state index contributed by atoms with van der Waals surface area (Å²) >= 11 is 0. The van der Waals surface area contributed by atoms with Gasteiger partial charge in [0.1, 0.15) is 11.5 Å². The smallest absolute Gasteiger partial charge is 0.338 e. The number of ether oxygens (including phenoxy) is 6. The zero-order valence-corrected chi connectivity index (χ0v) is 30.4. The molecule has 10 heteroatoms. The summed E-state index contributed by atoms with van der Waals surface area (Å²) in [6.07, 6.45) is -1.65. The molecule has 0 aromatic heterocycles. The van der Waals surface area contributed by atoms with E-state index in [2.05, 4.69) is 13.8 Å². The van der Waals surface area contributed by atoms with Gasteiger partial charge >= 0.3 is 17.9 Å². The van der Waals surface area contributed by atoms with Gasteiger partial charge in [-0.25, -0.2) is 4.79 Å². The van der Waals surface area contributed by atoms with Gasteiger partial charge < -0.3 is 33.5 Å². The number of hydrogen-bond donors (Lipinski definition) is 1. The lowest BCUT2D eigenvalue weighted by Crippen LogP contribution is -2.31. The van der Waals surface area contributed by atoms with Crippen molar-refractivity contribution in [2.45, 2.75) is 50.7 Å². The fourth-order valence-electron chi connectivity index (χ4n) is 6.01. The molecule has 4 aromatic carbocycles. The van der Waals surface area contributed by atoms with Gasteiger partial charge in [0.2, 0.25) is 0 Å². The van der Waals surface area contributed by atoms with Gasteiger partial charge in [0, 0.05) is 16.4 Å². The third-order valence-electron chi connectivity index (χ3n) is 9.48. The first-order chi connectivity index (χ1) is 24.3. The van der Waals surface area contributed by atoms with E-state index in [1.807, 2.05) is 79.7 Å². The van der Waals surface area contributed by atoms with E-state index in [9.17, 15) is 19.5 Å². The van der Waals surface area contributed by atoms with Crippen molar-refractivity contribution in [2.24, 2.45) is 0 Å². The highest BCUT2D eigenvalue weighted by Crippen LogP contribution is 2.38. The van der Waals surface area contributed by atoms with Crippen LogP contribution in [0, 0.1) is 0 Å². The van der Waals surface area contributed by atoms with Crippen molar-refractivity contribution >= 4 is 17.9 Å². The second-order valence-corrected chi connectivity index (χ2v) is 12.9. The van der Waals surface area contributed by atoms with Crippen molar-refractivity contribution in [1.29, 1.82) is 0 Å². The molecule has 1 N–H and O–H groups in total. The van der Waals surface area contributed by atoms with Crippen molar-refractivity contribution in [3.05, 3.63) is 129 Å². The number of aliphatic hydroxyl groups excluding tert-OH is 1. The molecule has 51 heavy (non-hydrogen) atoms. The molecule has 2 atom stereocenters. The van der Waals surface area contributed by atoms with E-state index in [0.717, 1.165) is 22.4 Å². The number of aliphatic hydroxyl groups is 1. The van der Waals surface area contributed by atoms with E-state index >= 15 is 0 Å². The topological polar surface area (TPSA) is 127 Å². The van der Waals surface area contributed by atoms with Crippen LogP contribution in [-0.2, 0) is 52.2 Å². The average Bonchev–Trinajstić information content (AvgIpc) is 3.16. The normalized spacial score (nSPS) is 13.0. The lowest BCUT2D eigenvalue weighted by Gasteiger charge is -2.33. The Balaban J connectivity index is 1.78. The van der Waals surface area contributed by atoms with Gasteiger partial charge in [-0.1, -0.05) is 62.4 Å². The molecule has 4 aromatic rings. The van der Waals surface area contributed by atoms with Crippen LogP contribution < -0.4 is 9.47 Å². The fraction of sp³-hybridized carbons (Fsp3) is 0.341. The summed E-state index contributed by atoms with van der Waals surface area (Å²) in [5.41, 5.74) is 3.56. The second-order valence-electron chi connectivity index (χ2n) is 12.9. The van der Waals surface area contributed by atoms with Gasteiger partial charge in [0.05, 0.1) is 60.6 Å². The lowest BCUT2D eigenvalue weighted by molar-refractivity contribution is -0.140. The standard InChI is InChI=1S/C41H46O10/c1-40(2,28-13-17-32(46-4)18-14-28)30-11-9-27(22-37(43)49-7)35(23-30)39(45)51-25-41(3,29-15-19-33(47-5)20-16-29)31-12-10-26(21-36(42)48-6)34(24-31)38(44)50-8/h9-20,23-24,39,45H,21-22,25H2,1-8H3/t39?,41-/m0/s1. The Morgan fingerprint density at radius 2 is 1.10 bits per heavy atom. The minimum absolute atomic E-state index is 0.0543. The molecule has 0 spiro atoms. The van der Waals surface area contributed by atoms with Crippen molar-refractivity contribution < 1.29 is 47.9 Å². The molecule has 1 unspecified atom stereocenters. The van der Waals surface area contributed by atoms with Crippen LogP contribution in [0.15, 0.2) is 84.9 Å². The molecular weight excluding hydrogens is 652 g/mol. The first-order valence-corrected chi connectivity index (χ1v) is 16.4. The van der Waals surface area contributed by atoms with Crippen LogP contribution in [0.4, 0.5) is 0 Å². The molecule has 0 saturated carbocycles. The van der Waals surface area contributed by atoms with E-state index in [4.69, 9.17) is 28.4 Å². The molecule has 270 valence electrons. The van der Waals surface area contributed by atoms with E-state index < -0.39 is 35.0 Å². The summed E-state index contributed by atoms with van der Waals surface area (Å²) in [4.78, 5) is 37.6. The van der Waals surface area contributed by atoms with Crippen LogP contribution in [0.25, 0.3) is 0 Å². The number of benzene rings is 4. The van der Waals surface area contributed by atoms with Gasteiger partial charge in [-0.15, -0.1) is 0 Å². The maximum atomic E-state index is 12.9. The first kappa shape index (κ1) is 38.6. The molecular formula is C41H46O10. The lowest BCUT2D eigenvalue weighted by atomic mass is 9.75. The Labute approximate surface area is 299 Å². The third kappa shape index (κ3) is 8.76. The van der Waals surface area contributed by atoms with Gasteiger partial charge in [-0.2, -0.15) is 0 Å². The Morgan fingerprint density at radius 3 is 1.63 bits per heavy atom. The Morgan fingerprint density at radius 1 is 0.608 bits per heavy atom. The number of rotatable bonds is 15. The van der Waals surface area contributed by atoms with Crippen LogP contribution in [-0.4, -0.2) is 65.2 Å². The van der Waals surface area contributed by atoms with Gasteiger partial charge in [0.25, 0.3) is 0 Å². The zero-order chi connectivity index (χ0) is 37.3. The molecule has 0 fully saturated rings. The summed E-state index contributed by atoms with van der Waals surface area (Å²) in [6.45, 7) is 6.02. The third-order valence-corrected chi connectivity index (χ3v) is 9.48. The van der Waals surface area contributed by atoms with Crippen LogP contribution in [0.3, 0.4) is 0 Å². The molecule has 0 amide bonds. The molecule has 0 aliphatic heterocycles. The second kappa shape index (κ2) is 16.7. The minimum atomic E-state index is -1.45. The Kier molecular flexibility index (Phi) is 12.6. The predicted molar refractivity (Wildman–Crippen MR) is 191 cm³/mol. The monoisotopic (exact) mass is 698 g/mol. The van der Waals surface area contributed by atoms with E-state index in [0.29, 0.717) is 28.0 Å². The first-order valence-electron chi connectivity index (χ1n) is 16.4. The fourth-order valence-corrected chi connectivity index (χ4v) is 6.01. The van der Waals surface area contributed by atoms with Crippen LogP contribution in [0.2, 0.25) is 0 Å². The summed E-state index contributed by atoms with van der Waals surface area (Å²) in [5, 5.41) is 11.8. The van der Waals surface area contributed by atoms with Crippen molar-refractivity contribution in [3.63, 3.8) is 0 Å². The summed E-state index contributed by atoms with van der Waals surface area (Å²) < 4.78 is 31.9. The molecule has 0 saturated heterocycles. The molecule has 0 bridgehead atoms. The average molecular weight is 699 g/mol. The molecule has 0 heterocycles. The summed E-state index contributed by atoms with van der Waals surface area (Å²) in [5.74, 6) is -0.190. The molecule has 10 nitrogen and oxygen atoms in total.